The molecule has 0 saturated heterocycles. The Hall–Kier alpha value is -1.26. The summed E-state index contributed by atoms with van der Waals surface area (Å²) in [6.45, 7) is 0.188. The molecule has 0 radical (unpaired) electrons. The van der Waals surface area contributed by atoms with Crippen LogP contribution in [0, 0.1) is 0 Å². The van der Waals surface area contributed by atoms with Crippen molar-refractivity contribution in [2.24, 2.45) is 0 Å². The summed E-state index contributed by atoms with van der Waals surface area (Å²) >= 11 is 11.7. The summed E-state index contributed by atoms with van der Waals surface area (Å²) < 4.78 is 10.5. The first-order valence-corrected chi connectivity index (χ1v) is 4.92. The average molecular weight is 243 g/mol. The highest BCUT2D eigenvalue weighted by Crippen LogP contribution is 2.41. The zero-order chi connectivity index (χ0) is 10.4. The van der Waals surface area contributed by atoms with Crippen molar-refractivity contribution >= 4 is 34.1 Å². The predicted molar refractivity (Wildman–Crippen MR) is 55.7 cm³/mol. The second-order valence-corrected chi connectivity index (χ2v) is 3.67. The monoisotopic (exact) mass is 242 g/mol. The van der Waals surface area contributed by atoms with Gasteiger partial charge in [0.1, 0.15) is 5.15 Å². The van der Waals surface area contributed by atoms with E-state index >= 15 is 0 Å². The van der Waals surface area contributed by atoms with Gasteiger partial charge < -0.3 is 9.47 Å². The Morgan fingerprint density at radius 1 is 1.13 bits per heavy atom. The zero-order valence-electron chi connectivity index (χ0n) is 7.33. The highest BCUT2D eigenvalue weighted by molar-refractivity contribution is 6.36. The molecule has 0 spiro atoms. The van der Waals surface area contributed by atoms with Gasteiger partial charge in [-0.3, -0.25) is 0 Å². The maximum Gasteiger partial charge on any atom is 0.231 e. The summed E-state index contributed by atoms with van der Waals surface area (Å²) in [7, 11) is 0. The van der Waals surface area contributed by atoms with E-state index in [0.717, 1.165) is 0 Å². The van der Waals surface area contributed by atoms with Crippen molar-refractivity contribution in [1.29, 1.82) is 0 Å². The Bertz CT molecular complexity index is 559. The number of rotatable bonds is 0. The van der Waals surface area contributed by atoms with Crippen LogP contribution in [-0.4, -0.2) is 16.8 Å². The van der Waals surface area contributed by atoms with E-state index in [1.165, 1.54) is 0 Å². The molecule has 4 nitrogen and oxygen atoms in total. The molecular formula is C9H4Cl2N2O2. The Balaban J connectivity index is 2.45. The van der Waals surface area contributed by atoms with Crippen LogP contribution in [0.5, 0.6) is 11.5 Å². The van der Waals surface area contributed by atoms with Gasteiger partial charge in [-0.15, -0.1) is 0 Å². The van der Waals surface area contributed by atoms with Crippen molar-refractivity contribution in [2.45, 2.75) is 0 Å². The maximum absolute atomic E-state index is 5.97. The molecule has 15 heavy (non-hydrogen) atoms. The number of hydrogen-bond acceptors (Lipinski definition) is 4. The van der Waals surface area contributed by atoms with E-state index in [9.17, 15) is 0 Å². The molecule has 1 aliphatic heterocycles. The van der Waals surface area contributed by atoms with Crippen LogP contribution >= 0.6 is 23.2 Å². The summed E-state index contributed by atoms with van der Waals surface area (Å²) in [5.74, 6) is 1.23. The zero-order valence-corrected chi connectivity index (χ0v) is 8.84. The molecule has 0 amide bonds. The molecule has 1 aromatic carbocycles. The minimum Gasteiger partial charge on any atom is -0.454 e. The van der Waals surface area contributed by atoms with Crippen LogP contribution in [0.4, 0.5) is 0 Å². The number of nitrogens with zero attached hydrogens (tertiary/aromatic N) is 2. The molecular weight excluding hydrogens is 239 g/mol. The topological polar surface area (TPSA) is 44.2 Å². The fourth-order valence-electron chi connectivity index (χ4n) is 1.52. The lowest BCUT2D eigenvalue weighted by atomic mass is 10.2. The third-order valence-corrected chi connectivity index (χ3v) is 2.57. The quantitative estimate of drug-likeness (QED) is 0.527. The molecule has 3 rings (SSSR count). The molecule has 0 N–H and O–H groups in total. The molecule has 0 unspecified atom stereocenters. The van der Waals surface area contributed by atoms with Crippen LogP contribution in [0.2, 0.25) is 10.4 Å². The van der Waals surface area contributed by atoms with Gasteiger partial charge in [0.2, 0.25) is 12.1 Å². The minimum atomic E-state index is 0.117. The summed E-state index contributed by atoms with van der Waals surface area (Å²) in [6, 6.07) is 3.53. The van der Waals surface area contributed by atoms with Crippen LogP contribution in [0.1, 0.15) is 0 Å². The van der Waals surface area contributed by atoms with Gasteiger partial charge in [-0.05, 0) is 23.7 Å². The van der Waals surface area contributed by atoms with Gasteiger partial charge in [0.25, 0.3) is 0 Å². The lowest BCUT2D eigenvalue weighted by Crippen LogP contribution is -1.93. The Morgan fingerprint density at radius 3 is 2.87 bits per heavy atom. The van der Waals surface area contributed by atoms with Gasteiger partial charge in [-0.1, -0.05) is 11.6 Å². The van der Waals surface area contributed by atoms with Gasteiger partial charge in [0, 0.05) is 0 Å². The van der Waals surface area contributed by atoms with Crippen LogP contribution < -0.4 is 9.47 Å². The SMILES string of the molecule is Clc1nc(Cl)c2c3c(ccc2n1)OCO3. The Morgan fingerprint density at radius 2 is 2.00 bits per heavy atom. The molecule has 2 heterocycles. The first-order chi connectivity index (χ1) is 7.25. The number of halogens is 2. The molecule has 0 saturated carbocycles. The largest absolute Gasteiger partial charge is 0.454 e. The standard InChI is InChI=1S/C9H4Cl2N2O2/c10-8-6-4(12-9(11)13-8)1-2-5-7(6)15-3-14-5/h1-2H,3H2. The van der Waals surface area contributed by atoms with E-state index in [1.807, 2.05) is 0 Å². The smallest absolute Gasteiger partial charge is 0.231 e. The molecule has 6 heteroatoms. The van der Waals surface area contributed by atoms with E-state index in [-0.39, 0.29) is 17.2 Å². The molecule has 0 aliphatic carbocycles. The molecule has 0 fully saturated rings. The summed E-state index contributed by atoms with van der Waals surface area (Å²) in [5, 5.41) is 1.02. The van der Waals surface area contributed by atoms with E-state index in [2.05, 4.69) is 9.97 Å². The van der Waals surface area contributed by atoms with Crippen molar-refractivity contribution in [1.82, 2.24) is 9.97 Å². The number of fused-ring (bicyclic) bond motifs is 3. The van der Waals surface area contributed by atoms with Crippen molar-refractivity contribution in [3.63, 3.8) is 0 Å². The second-order valence-electron chi connectivity index (χ2n) is 2.98. The second kappa shape index (κ2) is 3.12. The average Bonchev–Trinajstić information content (AvgIpc) is 2.63. The lowest BCUT2D eigenvalue weighted by Gasteiger charge is -2.03. The van der Waals surface area contributed by atoms with E-state index in [4.69, 9.17) is 32.7 Å². The first kappa shape index (κ1) is 9.00. The van der Waals surface area contributed by atoms with Gasteiger partial charge in [-0.2, -0.15) is 0 Å². The van der Waals surface area contributed by atoms with Gasteiger partial charge in [0.05, 0.1) is 10.9 Å². The molecule has 2 aromatic rings. The van der Waals surface area contributed by atoms with Gasteiger partial charge >= 0.3 is 0 Å². The molecule has 0 bridgehead atoms. The predicted octanol–water partition coefficient (Wildman–Crippen LogP) is 2.67. The molecule has 76 valence electrons. The highest BCUT2D eigenvalue weighted by Gasteiger charge is 2.20. The van der Waals surface area contributed by atoms with Crippen molar-refractivity contribution in [2.75, 3.05) is 6.79 Å². The molecule has 1 aromatic heterocycles. The Labute approximate surface area is 94.7 Å². The van der Waals surface area contributed by atoms with Gasteiger partial charge in [0.15, 0.2) is 11.5 Å². The molecule has 1 aliphatic rings. The fraction of sp³-hybridized carbons (Fsp3) is 0.111. The molecule has 0 atom stereocenters. The van der Waals surface area contributed by atoms with E-state index in [0.29, 0.717) is 22.4 Å². The Kier molecular flexibility index (Phi) is 1.87. The summed E-state index contributed by atoms with van der Waals surface area (Å²) in [6.07, 6.45) is 0. The normalized spacial score (nSPS) is 13.5. The van der Waals surface area contributed by atoms with Crippen LogP contribution in [0.25, 0.3) is 10.9 Å². The van der Waals surface area contributed by atoms with Crippen LogP contribution in [0.3, 0.4) is 0 Å². The number of hydrogen-bond donors (Lipinski definition) is 0. The fourth-order valence-corrected chi connectivity index (χ4v) is 2.00. The van der Waals surface area contributed by atoms with Crippen LogP contribution in [0.15, 0.2) is 12.1 Å². The van der Waals surface area contributed by atoms with Crippen molar-refractivity contribution in [3.05, 3.63) is 22.6 Å². The van der Waals surface area contributed by atoms with Crippen molar-refractivity contribution in [3.8, 4) is 11.5 Å². The number of ether oxygens (including phenoxy) is 2. The third-order valence-electron chi connectivity index (χ3n) is 2.13. The lowest BCUT2D eigenvalue weighted by molar-refractivity contribution is 0.175. The maximum atomic E-state index is 5.97. The third kappa shape index (κ3) is 1.29. The summed E-state index contributed by atoms with van der Waals surface area (Å²) in [4.78, 5) is 7.91. The van der Waals surface area contributed by atoms with E-state index in [1.54, 1.807) is 12.1 Å². The highest BCUT2D eigenvalue weighted by atomic mass is 35.5. The summed E-state index contributed by atoms with van der Waals surface area (Å²) in [5.41, 5.74) is 0.643. The van der Waals surface area contributed by atoms with E-state index < -0.39 is 0 Å². The number of aromatic nitrogens is 2. The van der Waals surface area contributed by atoms with Crippen molar-refractivity contribution < 1.29 is 9.47 Å². The van der Waals surface area contributed by atoms with Gasteiger partial charge in [-0.25, -0.2) is 9.97 Å². The minimum absolute atomic E-state index is 0.117. The number of benzene rings is 1. The first-order valence-electron chi connectivity index (χ1n) is 4.17. The van der Waals surface area contributed by atoms with Crippen LogP contribution in [-0.2, 0) is 0 Å².